The van der Waals surface area contributed by atoms with Gasteiger partial charge in [-0.25, -0.2) is 4.98 Å². The van der Waals surface area contributed by atoms with Gasteiger partial charge in [-0.3, -0.25) is 5.32 Å². The lowest BCUT2D eigenvalue weighted by Gasteiger charge is -2.31. The second kappa shape index (κ2) is 6.71. The van der Waals surface area contributed by atoms with Crippen molar-refractivity contribution in [1.29, 1.82) is 0 Å². The van der Waals surface area contributed by atoms with Crippen molar-refractivity contribution in [3.05, 3.63) is 42.4 Å². The Morgan fingerprint density at radius 1 is 1.48 bits per heavy atom. The second-order valence-corrected chi connectivity index (χ2v) is 6.87. The highest BCUT2D eigenvalue weighted by Crippen LogP contribution is 2.30. The van der Waals surface area contributed by atoms with E-state index >= 15 is 0 Å². The minimum Gasteiger partial charge on any atom is -0.467 e. The lowest BCUT2D eigenvalue weighted by Crippen LogP contribution is -2.38. The molecule has 0 spiro atoms. The zero-order chi connectivity index (χ0) is 14.7. The summed E-state index contributed by atoms with van der Waals surface area (Å²) in [5.41, 5.74) is 0. The molecule has 1 aliphatic rings. The molecule has 1 fully saturated rings. The van der Waals surface area contributed by atoms with E-state index in [9.17, 15) is 0 Å². The third-order valence-corrected chi connectivity index (χ3v) is 5.40. The Bertz CT molecular complexity index is 552. The van der Waals surface area contributed by atoms with Crippen molar-refractivity contribution in [2.24, 2.45) is 7.05 Å². The molecule has 2 aromatic heterocycles. The van der Waals surface area contributed by atoms with Crippen LogP contribution in [-0.2, 0) is 7.05 Å². The Labute approximate surface area is 130 Å². The summed E-state index contributed by atoms with van der Waals surface area (Å²) in [5, 5.41) is 4.55. The van der Waals surface area contributed by atoms with E-state index in [-0.39, 0.29) is 6.04 Å². The number of thioether (sulfide) groups is 1. The number of nitrogens with zero attached hydrogens (tertiary/aromatic N) is 2. The van der Waals surface area contributed by atoms with Gasteiger partial charge >= 0.3 is 0 Å². The van der Waals surface area contributed by atoms with E-state index < -0.39 is 0 Å². The molecule has 3 unspecified atom stereocenters. The lowest BCUT2D eigenvalue weighted by molar-refractivity contribution is 0.330. The highest BCUT2D eigenvalue weighted by atomic mass is 32.2. The number of furan rings is 1. The standard InChI is InChI=1S/C16H23N3OS/c1-19-9-8-17-16(19)15(14-7-4-10-20-14)18-12-5-3-6-13(11-12)21-2/h4,7-10,12-13,15,18H,3,5-6,11H2,1-2H3. The van der Waals surface area contributed by atoms with Crippen molar-refractivity contribution in [2.45, 2.75) is 43.0 Å². The Hall–Kier alpha value is -1.20. The fourth-order valence-electron chi connectivity index (χ4n) is 3.14. The van der Waals surface area contributed by atoms with Crippen LogP contribution in [0, 0.1) is 0 Å². The van der Waals surface area contributed by atoms with Gasteiger partial charge in [-0.1, -0.05) is 6.42 Å². The summed E-state index contributed by atoms with van der Waals surface area (Å²) in [6, 6.07) is 4.54. The summed E-state index contributed by atoms with van der Waals surface area (Å²) < 4.78 is 7.71. The van der Waals surface area contributed by atoms with Gasteiger partial charge in [-0.15, -0.1) is 0 Å². The first-order chi connectivity index (χ1) is 10.3. The van der Waals surface area contributed by atoms with Crippen molar-refractivity contribution in [1.82, 2.24) is 14.9 Å². The molecule has 0 radical (unpaired) electrons. The Kier molecular flexibility index (Phi) is 4.70. The Morgan fingerprint density at radius 2 is 2.38 bits per heavy atom. The van der Waals surface area contributed by atoms with E-state index in [4.69, 9.17) is 4.42 Å². The minimum atomic E-state index is 0.0330. The van der Waals surface area contributed by atoms with E-state index in [1.54, 1.807) is 6.26 Å². The molecular weight excluding hydrogens is 282 g/mol. The summed E-state index contributed by atoms with van der Waals surface area (Å²) in [6.07, 6.45) is 12.9. The monoisotopic (exact) mass is 305 g/mol. The first-order valence-electron chi connectivity index (χ1n) is 7.57. The number of hydrogen-bond acceptors (Lipinski definition) is 4. The maximum Gasteiger partial charge on any atom is 0.133 e. The number of aromatic nitrogens is 2. The molecule has 2 heterocycles. The van der Waals surface area contributed by atoms with Gasteiger partial charge in [0, 0.05) is 30.7 Å². The van der Waals surface area contributed by atoms with E-state index in [1.165, 1.54) is 25.7 Å². The second-order valence-electron chi connectivity index (χ2n) is 5.73. The van der Waals surface area contributed by atoms with E-state index in [0.29, 0.717) is 6.04 Å². The van der Waals surface area contributed by atoms with Gasteiger partial charge in [0.2, 0.25) is 0 Å². The first kappa shape index (κ1) is 14.7. The van der Waals surface area contributed by atoms with Crippen LogP contribution in [0.5, 0.6) is 0 Å². The minimum absolute atomic E-state index is 0.0330. The molecule has 0 bridgehead atoms. The lowest BCUT2D eigenvalue weighted by atomic mass is 9.94. The topological polar surface area (TPSA) is 43.0 Å². The first-order valence-corrected chi connectivity index (χ1v) is 8.86. The summed E-state index contributed by atoms with van der Waals surface area (Å²) in [5.74, 6) is 1.95. The van der Waals surface area contributed by atoms with Crippen molar-refractivity contribution in [3.63, 3.8) is 0 Å². The molecule has 0 aromatic carbocycles. The van der Waals surface area contributed by atoms with Crippen molar-refractivity contribution in [3.8, 4) is 0 Å². The van der Waals surface area contributed by atoms with Crippen LogP contribution in [0.2, 0.25) is 0 Å². The normalized spacial score (nSPS) is 24.1. The molecule has 1 saturated carbocycles. The molecule has 3 rings (SSSR count). The highest BCUT2D eigenvalue weighted by Gasteiger charge is 2.27. The third kappa shape index (κ3) is 3.35. The maximum absolute atomic E-state index is 5.65. The maximum atomic E-state index is 5.65. The van der Waals surface area contributed by atoms with E-state index in [1.807, 2.05) is 43.3 Å². The van der Waals surface area contributed by atoms with Crippen LogP contribution >= 0.6 is 11.8 Å². The largest absolute Gasteiger partial charge is 0.467 e. The molecule has 3 atom stereocenters. The van der Waals surface area contributed by atoms with Gasteiger partial charge in [0.1, 0.15) is 17.6 Å². The predicted octanol–water partition coefficient (Wildman–Crippen LogP) is 3.37. The van der Waals surface area contributed by atoms with Crippen LogP contribution in [-0.4, -0.2) is 27.1 Å². The van der Waals surface area contributed by atoms with Crippen LogP contribution in [0.25, 0.3) is 0 Å². The average Bonchev–Trinajstić information content (AvgIpc) is 3.17. The number of hydrogen-bond donors (Lipinski definition) is 1. The van der Waals surface area contributed by atoms with Crippen LogP contribution in [0.15, 0.2) is 35.2 Å². The van der Waals surface area contributed by atoms with E-state index in [0.717, 1.165) is 16.8 Å². The molecule has 2 aromatic rings. The van der Waals surface area contributed by atoms with Gasteiger partial charge in [-0.2, -0.15) is 11.8 Å². The van der Waals surface area contributed by atoms with Gasteiger partial charge in [0.25, 0.3) is 0 Å². The molecular formula is C16H23N3OS. The highest BCUT2D eigenvalue weighted by molar-refractivity contribution is 7.99. The molecule has 1 N–H and O–H groups in total. The third-order valence-electron chi connectivity index (χ3n) is 4.31. The number of nitrogens with one attached hydrogen (secondary N) is 1. The summed E-state index contributed by atoms with van der Waals surface area (Å²) in [6.45, 7) is 0. The molecule has 114 valence electrons. The van der Waals surface area contributed by atoms with Crippen molar-refractivity contribution >= 4 is 11.8 Å². The molecule has 21 heavy (non-hydrogen) atoms. The average molecular weight is 305 g/mol. The summed E-state index contributed by atoms with van der Waals surface area (Å²) in [7, 11) is 2.03. The molecule has 5 heteroatoms. The zero-order valence-electron chi connectivity index (χ0n) is 12.7. The van der Waals surface area contributed by atoms with Gasteiger partial charge in [0.15, 0.2) is 0 Å². The van der Waals surface area contributed by atoms with E-state index in [2.05, 4.69) is 21.1 Å². The van der Waals surface area contributed by atoms with Crippen LogP contribution in [0.1, 0.15) is 43.3 Å². The summed E-state index contributed by atoms with van der Waals surface area (Å²) in [4.78, 5) is 4.51. The van der Waals surface area contributed by atoms with Gasteiger partial charge in [-0.05, 0) is 37.7 Å². The Morgan fingerprint density at radius 3 is 3.05 bits per heavy atom. The molecule has 0 amide bonds. The van der Waals surface area contributed by atoms with Crippen molar-refractivity contribution in [2.75, 3.05) is 6.26 Å². The van der Waals surface area contributed by atoms with Gasteiger partial charge < -0.3 is 8.98 Å². The zero-order valence-corrected chi connectivity index (χ0v) is 13.5. The van der Waals surface area contributed by atoms with Crippen LogP contribution in [0.3, 0.4) is 0 Å². The SMILES string of the molecule is CSC1CCCC(NC(c2ccco2)c2nccn2C)C1. The Balaban J connectivity index is 1.79. The fraction of sp³-hybridized carbons (Fsp3) is 0.562. The van der Waals surface area contributed by atoms with Crippen molar-refractivity contribution < 1.29 is 4.42 Å². The van der Waals surface area contributed by atoms with Crippen LogP contribution < -0.4 is 5.32 Å². The smallest absolute Gasteiger partial charge is 0.133 e. The fourth-order valence-corrected chi connectivity index (χ4v) is 3.97. The number of aryl methyl sites for hydroxylation is 1. The summed E-state index contributed by atoms with van der Waals surface area (Å²) >= 11 is 1.99. The molecule has 0 aliphatic heterocycles. The van der Waals surface area contributed by atoms with Gasteiger partial charge in [0.05, 0.1) is 6.26 Å². The van der Waals surface area contributed by atoms with Crippen LogP contribution in [0.4, 0.5) is 0 Å². The molecule has 1 aliphatic carbocycles. The molecule has 0 saturated heterocycles. The number of imidazole rings is 1. The quantitative estimate of drug-likeness (QED) is 0.920. The number of rotatable bonds is 5. The predicted molar refractivity (Wildman–Crippen MR) is 86.5 cm³/mol. The molecule has 4 nitrogen and oxygen atoms in total.